The van der Waals surface area contributed by atoms with Crippen molar-refractivity contribution < 1.29 is 0 Å². The summed E-state index contributed by atoms with van der Waals surface area (Å²) in [5, 5.41) is 1.76. The van der Waals surface area contributed by atoms with Gasteiger partial charge in [0.05, 0.1) is 10.0 Å². The summed E-state index contributed by atoms with van der Waals surface area (Å²) in [6.45, 7) is 0. The van der Waals surface area contributed by atoms with Gasteiger partial charge in [0.25, 0.3) is 0 Å². The highest BCUT2D eigenvalue weighted by molar-refractivity contribution is 7.99. The van der Waals surface area contributed by atoms with E-state index in [0.29, 0.717) is 10.4 Å². The molecule has 1 aliphatic rings. The lowest BCUT2D eigenvalue weighted by Gasteiger charge is -2.40. The number of nitrogens with zero attached hydrogens (tertiary/aromatic N) is 1. The first-order valence-corrected chi connectivity index (χ1v) is 7.09. The van der Waals surface area contributed by atoms with E-state index < -0.39 is 0 Å². The molecular formula is C11H14ClNS2. The van der Waals surface area contributed by atoms with Gasteiger partial charge in [0.1, 0.15) is 0 Å². The van der Waals surface area contributed by atoms with E-state index in [1.807, 2.05) is 23.9 Å². The molecule has 1 aromatic heterocycles. The molecule has 0 atom stereocenters. The molecule has 0 aromatic carbocycles. The fourth-order valence-electron chi connectivity index (χ4n) is 1.70. The molecule has 0 N–H and O–H groups in total. The van der Waals surface area contributed by atoms with E-state index in [1.54, 1.807) is 6.20 Å². The lowest BCUT2D eigenvalue weighted by Crippen LogP contribution is -2.33. The summed E-state index contributed by atoms with van der Waals surface area (Å²) in [6.07, 6.45) is 5.70. The normalized spacial score (nSPS) is 18.5. The lowest BCUT2D eigenvalue weighted by atomic mass is 9.72. The van der Waals surface area contributed by atoms with Gasteiger partial charge in [-0.05, 0) is 36.1 Å². The Morgan fingerprint density at radius 1 is 1.47 bits per heavy atom. The van der Waals surface area contributed by atoms with Crippen LogP contribution in [-0.4, -0.2) is 16.5 Å². The first kappa shape index (κ1) is 11.6. The average molecular weight is 260 g/mol. The second-order valence-electron chi connectivity index (χ2n) is 4.11. The van der Waals surface area contributed by atoms with Crippen LogP contribution in [0.15, 0.2) is 23.4 Å². The van der Waals surface area contributed by atoms with Crippen LogP contribution in [0.4, 0.5) is 0 Å². The van der Waals surface area contributed by atoms with Crippen LogP contribution in [0, 0.1) is 5.41 Å². The van der Waals surface area contributed by atoms with Gasteiger partial charge in [-0.2, -0.15) is 12.6 Å². The van der Waals surface area contributed by atoms with Crippen LogP contribution in [0.3, 0.4) is 0 Å². The molecule has 4 heteroatoms. The van der Waals surface area contributed by atoms with Crippen LogP contribution < -0.4 is 0 Å². The minimum absolute atomic E-state index is 0.467. The third-order valence-corrected chi connectivity index (χ3v) is 5.16. The average Bonchev–Trinajstić information content (AvgIpc) is 2.20. The Morgan fingerprint density at radius 2 is 2.27 bits per heavy atom. The standard InChI is InChI=1S/C11H14ClNS2/c12-9-2-3-10(13-6-9)15-8-11(7-14)4-1-5-11/h2-3,6,14H,1,4-5,7-8H2. The molecule has 1 nitrogen and oxygen atoms in total. The maximum Gasteiger partial charge on any atom is 0.0961 e. The molecule has 0 saturated heterocycles. The summed E-state index contributed by atoms with van der Waals surface area (Å²) < 4.78 is 0. The molecule has 0 radical (unpaired) electrons. The van der Waals surface area contributed by atoms with Crippen molar-refractivity contribution in [2.75, 3.05) is 11.5 Å². The van der Waals surface area contributed by atoms with Crippen molar-refractivity contribution >= 4 is 36.0 Å². The Morgan fingerprint density at radius 3 is 2.73 bits per heavy atom. The van der Waals surface area contributed by atoms with Gasteiger partial charge in [0.2, 0.25) is 0 Å². The van der Waals surface area contributed by atoms with Gasteiger partial charge < -0.3 is 0 Å². The Balaban J connectivity index is 1.90. The van der Waals surface area contributed by atoms with Crippen LogP contribution in [0.5, 0.6) is 0 Å². The number of halogens is 1. The number of hydrogen-bond donors (Lipinski definition) is 1. The second-order valence-corrected chi connectivity index (χ2v) is 5.86. The molecule has 0 amide bonds. The Bertz CT molecular complexity index is 316. The molecule has 1 aromatic rings. The smallest absolute Gasteiger partial charge is 0.0961 e. The Labute approximate surface area is 105 Å². The zero-order valence-corrected chi connectivity index (χ0v) is 10.9. The number of rotatable bonds is 4. The van der Waals surface area contributed by atoms with Crippen LogP contribution in [0.2, 0.25) is 5.02 Å². The van der Waals surface area contributed by atoms with Gasteiger partial charge in [0.15, 0.2) is 0 Å². The maximum absolute atomic E-state index is 5.78. The molecule has 1 aliphatic carbocycles. The summed E-state index contributed by atoms with van der Waals surface area (Å²) in [5.74, 6) is 2.12. The quantitative estimate of drug-likeness (QED) is 0.650. The van der Waals surface area contributed by atoms with Gasteiger partial charge in [-0.3, -0.25) is 0 Å². The molecule has 0 aliphatic heterocycles. The third-order valence-electron chi connectivity index (χ3n) is 2.98. The minimum atomic E-state index is 0.467. The second kappa shape index (κ2) is 4.98. The van der Waals surface area contributed by atoms with Crippen molar-refractivity contribution in [1.29, 1.82) is 0 Å². The minimum Gasteiger partial charge on any atom is -0.248 e. The van der Waals surface area contributed by atoms with Crippen LogP contribution in [0.1, 0.15) is 19.3 Å². The summed E-state index contributed by atoms with van der Waals surface area (Å²) in [5.41, 5.74) is 0.467. The first-order valence-electron chi connectivity index (χ1n) is 5.09. The predicted octanol–water partition coefficient (Wildman–Crippen LogP) is 3.93. The zero-order valence-electron chi connectivity index (χ0n) is 8.45. The van der Waals surface area contributed by atoms with Gasteiger partial charge in [-0.1, -0.05) is 18.0 Å². The van der Waals surface area contributed by atoms with Crippen molar-refractivity contribution in [3.05, 3.63) is 23.4 Å². The van der Waals surface area contributed by atoms with E-state index in [-0.39, 0.29) is 0 Å². The van der Waals surface area contributed by atoms with Gasteiger partial charge in [0, 0.05) is 11.9 Å². The molecule has 1 fully saturated rings. The highest BCUT2D eigenvalue weighted by atomic mass is 35.5. The Hall–Kier alpha value is 0.140. The number of aromatic nitrogens is 1. The van der Waals surface area contributed by atoms with E-state index in [0.717, 1.165) is 16.5 Å². The van der Waals surface area contributed by atoms with Crippen LogP contribution in [-0.2, 0) is 0 Å². The van der Waals surface area contributed by atoms with E-state index in [4.69, 9.17) is 11.6 Å². The zero-order chi connectivity index (χ0) is 10.7. The number of thioether (sulfide) groups is 1. The number of hydrogen-bond acceptors (Lipinski definition) is 3. The highest BCUT2D eigenvalue weighted by Gasteiger charge is 2.35. The molecule has 0 bridgehead atoms. The van der Waals surface area contributed by atoms with E-state index in [9.17, 15) is 0 Å². The van der Waals surface area contributed by atoms with Gasteiger partial charge in [-0.15, -0.1) is 11.8 Å². The van der Waals surface area contributed by atoms with E-state index >= 15 is 0 Å². The molecule has 15 heavy (non-hydrogen) atoms. The predicted molar refractivity (Wildman–Crippen MR) is 70.1 cm³/mol. The Kier molecular flexibility index (Phi) is 3.86. The van der Waals surface area contributed by atoms with Crippen molar-refractivity contribution in [3.63, 3.8) is 0 Å². The molecule has 82 valence electrons. The molecule has 1 saturated carbocycles. The SMILES string of the molecule is SCC1(CSc2ccc(Cl)cn2)CCC1. The van der Waals surface area contributed by atoms with Crippen molar-refractivity contribution in [2.24, 2.45) is 5.41 Å². The lowest BCUT2D eigenvalue weighted by molar-refractivity contribution is 0.205. The first-order chi connectivity index (χ1) is 7.24. The fourth-order valence-corrected chi connectivity index (χ4v) is 3.53. The largest absolute Gasteiger partial charge is 0.248 e. The molecule has 0 unspecified atom stereocenters. The van der Waals surface area contributed by atoms with Crippen molar-refractivity contribution in [2.45, 2.75) is 24.3 Å². The summed E-state index contributed by atoms with van der Waals surface area (Å²) >= 11 is 12.0. The summed E-state index contributed by atoms with van der Waals surface area (Å²) in [4.78, 5) is 4.28. The summed E-state index contributed by atoms with van der Waals surface area (Å²) in [7, 11) is 0. The van der Waals surface area contributed by atoms with Crippen molar-refractivity contribution in [1.82, 2.24) is 4.98 Å². The third kappa shape index (κ3) is 2.83. The monoisotopic (exact) mass is 259 g/mol. The van der Waals surface area contributed by atoms with Crippen LogP contribution in [0.25, 0.3) is 0 Å². The molecule has 2 rings (SSSR count). The number of thiol groups is 1. The highest BCUT2D eigenvalue weighted by Crippen LogP contribution is 2.45. The number of pyridine rings is 1. The maximum atomic E-state index is 5.78. The summed E-state index contributed by atoms with van der Waals surface area (Å²) in [6, 6.07) is 3.88. The molecule has 0 spiro atoms. The van der Waals surface area contributed by atoms with Gasteiger partial charge >= 0.3 is 0 Å². The van der Waals surface area contributed by atoms with E-state index in [2.05, 4.69) is 17.6 Å². The fraction of sp³-hybridized carbons (Fsp3) is 0.545. The van der Waals surface area contributed by atoms with Crippen molar-refractivity contribution in [3.8, 4) is 0 Å². The van der Waals surface area contributed by atoms with E-state index in [1.165, 1.54) is 19.3 Å². The van der Waals surface area contributed by atoms with Gasteiger partial charge in [-0.25, -0.2) is 4.98 Å². The molecular weight excluding hydrogens is 246 g/mol. The van der Waals surface area contributed by atoms with Crippen LogP contribution >= 0.6 is 36.0 Å². The molecule has 1 heterocycles. The topological polar surface area (TPSA) is 12.9 Å².